The van der Waals surface area contributed by atoms with Gasteiger partial charge in [0.05, 0.1) is 5.92 Å². The third-order valence-electron chi connectivity index (χ3n) is 4.33. The summed E-state index contributed by atoms with van der Waals surface area (Å²) in [7, 11) is 0. The summed E-state index contributed by atoms with van der Waals surface area (Å²) >= 11 is 0. The molecule has 2 nitrogen and oxygen atoms in total. The van der Waals surface area contributed by atoms with Crippen LogP contribution in [0.25, 0.3) is 0 Å². The second-order valence-electron chi connectivity index (χ2n) is 6.55. The Morgan fingerprint density at radius 1 is 1.40 bits per heavy atom. The minimum absolute atomic E-state index is 0.0765. The van der Waals surface area contributed by atoms with E-state index in [4.69, 9.17) is 0 Å². The highest BCUT2D eigenvalue weighted by atomic mass is 19.1. The second-order valence-corrected chi connectivity index (χ2v) is 6.55. The van der Waals surface area contributed by atoms with E-state index in [0.29, 0.717) is 18.4 Å². The van der Waals surface area contributed by atoms with Crippen molar-refractivity contribution in [3.05, 3.63) is 35.4 Å². The minimum Gasteiger partial charge on any atom is -0.481 e. The molecule has 20 heavy (non-hydrogen) atoms. The monoisotopic (exact) mass is 282 g/mol. The number of carboxylic acids is 1. The van der Waals surface area contributed by atoms with E-state index in [-0.39, 0.29) is 11.3 Å². The minimum atomic E-state index is -0.812. The van der Waals surface area contributed by atoms with Crippen LogP contribution in [0.4, 0.5) is 8.78 Å². The molecule has 2 unspecified atom stereocenters. The molecule has 1 aromatic carbocycles. The summed E-state index contributed by atoms with van der Waals surface area (Å²) in [6.07, 6.45) is 2.59. The molecule has 2 rings (SSSR count). The molecule has 0 aromatic heterocycles. The Labute approximate surface area is 117 Å². The number of carboxylic acid groups (broad SMARTS) is 1. The summed E-state index contributed by atoms with van der Waals surface area (Å²) in [5, 5.41) is 9.32. The van der Waals surface area contributed by atoms with Crippen molar-refractivity contribution in [3.8, 4) is 0 Å². The van der Waals surface area contributed by atoms with Crippen molar-refractivity contribution in [2.75, 3.05) is 0 Å². The van der Waals surface area contributed by atoms with Crippen LogP contribution in [0.15, 0.2) is 18.2 Å². The van der Waals surface area contributed by atoms with Gasteiger partial charge in [0, 0.05) is 6.07 Å². The van der Waals surface area contributed by atoms with Crippen molar-refractivity contribution in [2.24, 2.45) is 17.3 Å². The Bertz CT molecular complexity index is 511. The fourth-order valence-corrected chi connectivity index (χ4v) is 3.25. The average Bonchev–Trinajstić information content (AvgIpc) is 2.31. The zero-order valence-corrected chi connectivity index (χ0v) is 11.8. The summed E-state index contributed by atoms with van der Waals surface area (Å²) in [4.78, 5) is 11.4. The molecule has 1 aliphatic carbocycles. The molecular formula is C16H20F2O2. The SMILES string of the molecule is CC1(C)CCC(C(=O)O)C(Cc2ccc(F)cc2F)C1. The molecule has 0 spiro atoms. The first-order valence-corrected chi connectivity index (χ1v) is 6.95. The van der Waals surface area contributed by atoms with E-state index in [2.05, 4.69) is 13.8 Å². The van der Waals surface area contributed by atoms with Gasteiger partial charge in [0.15, 0.2) is 0 Å². The van der Waals surface area contributed by atoms with Crippen molar-refractivity contribution >= 4 is 5.97 Å². The Kier molecular flexibility index (Phi) is 4.11. The van der Waals surface area contributed by atoms with Crippen LogP contribution in [0.1, 0.15) is 38.7 Å². The van der Waals surface area contributed by atoms with Gasteiger partial charge in [-0.2, -0.15) is 0 Å². The number of aliphatic carboxylic acids is 1. The zero-order valence-electron chi connectivity index (χ0n) is 11.8. The molecule has 0 saturated heterocycles. The summed E-state index contributed by atoms with van der Waals surface area (Å²) in [6, 6.07) is 3.51. The van der Waals surface area contributed by atoms with Crippen LogP contribution >= 0.6 is 0 Å². The van der Waals surface area contributed by atoms with E-state index < -0.39 is 23.5 Å². The topological polar surface area (TPSA) is 37.3 Å². The highest BCUT2D eigenvalue weighted by Gasteiger charge is 2.38. The van der Waals surface area contributed by atoms with E-state index >= 15 is 0 Å². The van der Waals surface area contributed by atoms with Crippen molar-refractivity contribution in [2.45, 2.75) is 39.5 Å². The highest BCUT2D eigenvalue weighted by Crippen LogP contribution is 2.43. The molecular weight excluding hydrogens is 262 g/mol. The van der Waals surface area contributed by atoms with Gasteiger partial charge in [0.2, 0.25) is 0 Å². The Morgan fingerprint density at radius 3 is 2.70 bits per heavy atom. The Morgan fingerprint density at radius 2 is 2.10 bits per heavy atom. The molecule has 2 atom stereocenters. The Balaban J connectivity index is 2.20. The van der Waals surface area contributed by atoms with Crippen molar-refractivity contribution in [3.63, 3.8) is 0 Å². The summed E-state index contributed by atoms with van der Waals surface area (Å²) < 4.78 is 26.7. The highest BCUT2D eigenvalue weighted by molar-refractivity contribution is 5.70. The van der Waals surface area contributed by atoms with Crippen LogP contribution in [0.5, 0.6) is 0 Å². The normalized spacial score (nSPS) is 25.4. The third-order valence-corrected chi connectivity index (χ3v) is 4.33. The van der Waals surface area contributed by atoms with Gasteiger partial charge in [-0.15, -0.1) is 0 Å². The lowest BCUT2D eigenvalue weighted by atomic mass is 9.65. The van der Waals surface area contributed by atoms with Gasteiger partial charge < -0.3 is 5.11 Å². The molecule has 1 saturated carbocycles. The third kappa shape index (κ3) is 3.35. The lowest BCUT2D eigenvalue weighted by Gasteiger charge is -2.39. The predicted molar refractivity (Wildman–Crippen MR) is 72.3 cm³/mol. The van der Waals surface area contributed by atoms with Crippen molar-refractivity contribution < 1.29 is 18.7 Å². The number of benzene rings is 1. The van der Waals surface area contributed by atoms with Gasteiger partial charge >= 0.3 is 5.97 Å². The van der Waals surface area contributed by atoms with E-state index in [1.807, 2.05) is 0 Å². The van der Waals surface area contributed by atoms with Crippen LogP contribution < -0.4 is 0 Å². The summed E-state index contributed by atoms with van der Waals surface area (Å²) in [5.74, 6) is -2.54. The van der Waals surface area contributed by atoms with Gasteiger partial charge in [0.1, 0.15) is 11.6 Å². The first kappa shape index (κ1) is 14.9. The van der Waals surface area contributed by atoms with Crippen LogP contribution in [-0.4, -0.2) is 11.1 Å². The molecule has 0 amide bonds. The molecule has 0 heterocycles. The number of rotatable bonds is 3. The van der Waals surface area contributed by atoms with Crippen LogP contribution in [0, 0.1) is 28.9 Å². The number of carbonyl (C=O) groups is 1. The number of hydrogen-bond acceptors (Lipinski definition) is 1. The van der Waals surface area contributed by atoms with E-state index in [1.165, 1.54) is 12.1 Å². The predicted octanol–water partition coefficient (Wildman–Crippen LogP) is 4.03. The molecule has 0 aliphatic heterocycles. The smallest absolute Gasteiger partial charge is 0.306 e. The van der Waals surface area contributed by atoms with Crippen LogP contribution in [0.2, 0.25) is 0 Å². The molecule has 0 bridgehead atoms. The fraction of sp³-hybridized carbons (Fsp3) is 0.562. The standard InChI is InChI=1S/C16H20F2O2/c1-16(2)6-5-13(15(19)20)11(9-16)7-10-3-4-12(17)8-14(10)18/h3-4,8,11,13H,5-7,9H2,1-2H3,(H,19,20). The van der Waals surface area contributed by atoms with Gasteiger partial charge in [-0.05, 0) is 48.6 Å². The molecule has 1 fully saturated rings. The summed E-state index contributed by atoms with van der Waals surface area (Å²) in [5.41, 5.74) is 0.480. The molecule has 1 aromatic rings. The van der Waals surface area contributed by atoms with Gasteiger partial charge in [-0.25, -0.2) is 8.78 Å². The lowest BCUT2D eigenvalue weighted by Crippen LogP contribution is -2.35. The van der Waals surface area contributed by atoms with Gasteiger partial charge in [-0.1, -0.05) is 19.9 Å². The van der Waals surface area contributed by atoms with Crippen molar-refractivity contribution in [1.29, 1.82) is 0 Å². The van der Waals surface area contributed by atoms with Crippen LogP contribution in [0.3, 0.4) is 0 Å². The number of halogens is 2. The van der Waals surface area contributed by atoms with Gasteiger partial charge in [-0.3, -0.25) is 4.79 Å². The maximum absolute atomic E-state index is 13.7. The zero-order chi connectivity index (χ0) is 14.9. The molecule has 110 valence electrons. The summed E-state index contributed by atoms with van der Waals surface area (Å²) in [6.45, 7) is 4.22. The molecule has 4 heteroatoms. The fourth-order valence-electron chi connectivity index (χ4n) is 3.25. The Hall–Kier alpha value is -1.45. The van der Waals surface area contributed by atoms with Crippen LogP contribution in [-0.2, 0) is 11.2 Å². The maximum atomic E-state index is 13.7. The van der Waals surface area contributed by atoms with Gasteiger partial charge in [0.25, 0.3) is 0 Å². The van der Waals surface area contributed by atoms with Crippen molar-refractivity contribution in [1.82, 2.24) is 0 Å². The largest absolute Gasteiger partial charge is 0.481 e. The average molecular weight is 282 g/mol. The molecule has 1 aliphatic rings. The van der Waals surface area contributed by atoms with E-state index in [1.54, 1.807) is 0 Å². The van der Waals surface area contributed by atoms with E-state index in [0.717, 1.165) is 18.9 Å². The lowest BCUT2D eigenvalue weighted by molar-refractivity contribution is -0.146. The second kappa shape index (κ2) is 5.51. The van der Waals surface area contributed by atoms with E-state index in [9.17, 15) is 18.7 Å². The number of hydrogen-bond donors (Lipinski definition) is 1. The maximum Gasteiger partial charge on any atom is 0.306 e. The molecule has 0 radical (unpaired) electrons. The first-order valence-electron chi connectivity index (χ1n) is 6.95. The molecule has 1 N–H and O–H groups in total. The first-order chi connectivity index (χ1) is 9.28. The quantitative estimate of drug-likeness (QED) is 0.908.